The Morgan fingerprint density at radius 2 is 1.62 bits per heavy atom. The topological polar surface area (TPSA) is 47.0 Å². The summed E-state index contributed by atoms with van der Waals surface area (Å²) in [5, 5.41) is 3.47. The van der Waals surface area contributed by atoms with Crippen LogP contribution in [0.25, 0.3) is 0 Å². The predicted molar refractivity (Wildman–Crippen MR) is 87.7 cm³/mol. The number of hydrogen-bond acceptors (Lipinski definition) is 4. The van der Waals surface area contributed by atoms with Crippen LogP contribution in [0, 0.1) is 0 Å². The molecular weight excluding hydrogens is 262 g/mol. The maximum Gasteiger partial charge on any atom is 0.157 e. The summed E-state index contributed by atoms with van der Waals surface area (Å²) in [5.74, 6) is 0.846. The van der Waals surface area contributed by atoms with E-state index in [9.17, 15) is 0 Å². The third-order valence-corrected chi connectivity index (χ3v) is 3.79. The minimum atomic E-state index is 0.00728. The lowest BCUT2D eigenvalue weighted by Gasteiger charge is -2.18. The molecule has 0 saturated heterocycles. The van der Waals surface area contributed by atoms with E-state index < -0.39 is 0 Å². The Bertz CT molecular complexity index is 391. The number of methoxy groups -OCH3 is 1. The van der Waals surface area contributed by atoms with Gasteiger partial charge in [-0.15, -0.1) is 0 Å². The summed E-state index contributed by atoms with van der Waals surface area (Å²) >= 11 is 0. The molecule has 1 aromatic rings. The highest BCUT2D eigenvalue weighted by molar-refractivity contribution is 5.27. The first kappa shape index (κ1) is 18.1. The third kappa shape index (κ3) is 5.04. The average Bonchev–Trinajstić information content (AvgIpc) is 2.52. The van der Waals surface area contributed by atoms with E-state index in [-0.39, 0.29) is 6.10 Å². The van der Waals surface area contributed by atoms with Gasteiger partial charge in [-0.3, -0.25) is 0 Å². The Morgan fingerprint density at radius 1 is 1.00 bits per heavy atom. The number of hydrogen-bond donors (Lipinski definition) is 1. The van der Waals surface area contributed by atoms with Crippen molar-refractivity contribution in [1.82, 2.24) is 15.3 Å². The first-order valence-corrected chi connectivity index (χ1v) is 8.33. The Hall–Kier alpha value is -1.00. The molecule has 0 aliphatic heterocycles. The molecule has 1 aromatic heterocycles. The largest absolute Gasteiger partial charge is 0.373 e. The standard InChI is InChI=1S/C17H31N3O/c1-6-11-18-12-10-13-14(7-2)19-17(16(9-4)21-5)20-15(13)8-3/h16,18H,6-12H2,1-5H3. The first-order chi connectivity index (χ1) is 10.2. The minimum absolute atomic E-state index is 0.00728. The zero-order chi connectivity index (χ0) is 15.7. The number of nitrogens with one attached hydrogen (secondary N) is 1. The van der Waals surface area contributed by atoms with Crippen molar-refractivity contribution < 1.29 is 4.74 Å². The molecule has 1 rings (SSSR count). The van der Waals surface area contributed by atoms with Crippen molar-refractivity contribution >= 4 is 0 Å². The quantitative estimate of drug-likeness (QED) is 0.673. The lowest BCUT2D eigenvalue weighted by molar-refractivity contribution is 0.0921. The molecule has 0 fully saturated rings. The molecular formula is C17H31N3O. The van der Waals surface area contributed by atoms with Gasteiger partial charge in [0.1, 0.15) is 6.10 Å². The summed E-state index contributed by atoms with van der Waals surface area (Å²) in [4.78, 5) is 9.55. The molecule has 1 heterocycles. The van der Waals surface area contributed by atoms with Crippen LogP contribution in [0.5, 0.6) is 0 Å². The second kappa shape index (κ2) is 9.85. The molecule has 0 aromatic carbocycles. The second-order valence-corrected chi connectivity index (χ2v) is 5.29. The smallest absolute Gasteiger partial charge is 0.157 e. The van der Waals surface area contributed by atoms with Crippen molar-refractivity contribution in [2.24, 2.45) is 0 Å². The highest BCUT2D eigenvalue weighted by Crippen LogP contribution is 2.21. The molecule has 21 heavy (non-hydrogen) atoms. The molecule has 120 valence electrons. The lowest BCUT2D eigenvalue weighted by Crippen LogP contribution is -2.21. The van der Waals surface area contributed by atoms with E-state index in [1.165, 1.54) is 23.4 Å². The summed E-state index contributed by atoms with van der Waals surface area (Å²) < 4.78 is 5.50. The van der Waals surface area contributed by atoms with Crippen molar-refractivity contribution in [3.05, 3.63) is 22.8 Å². The van der Waals surface area contributed by atoms with Gasteiger partial charge in [-0.25, -0.2) is 9.97 Å². The maximum atomic E-state index is 5.50. The zero-order valence-corrected chi connectivity index (χ0v) is 14.3. The van der Waals surface area contributed by atoms with Gasteiger partial charge in [0.05, 0.1) is 0 Å². The van der Waals surface area contributed by atoms with Crippen molar-refractivity contribution in [3.8, 4) is 0 Å². The van der Waals surface area contributed by atoms with Crippen LogP contribution < -0.4 is 5.32 Å². The van der Waals surface area contributed by atoms with Crippen molar-refractivity contribution in [2.45, 2.75) is 65.9 Å². The van der Waals surface area contributed by atoms with Crippen LogP contribution >= 0.6 is 0 Å². The predicted octanol–water partition coefficient (Wildman–Crippen LogP) is 3.24. The zero-order valence-electron chi connectivity index (χ0n) is 14.3. The van der Waals surface area contributed by atoms with Gasteiger partial charge in [0.25, 0.3) is 0 Å². The SMILES string of the molecule is CCCNCCc1c(CC)nc(C(CC)OC)nc1CC. The summed E-state index contributed by atoms with van der Waals surface area (Å²) in [5.41, 5.74) is 3.70. The molecule has 0 radical (unpaired) electrons. The van der Waals surface area contributed by atoms with E-state index in [0.29, 0.717) is 0 Å². The van der Waals surface area contributed by atoms with Crippen LogP contribution in [0.15, 0.2) is 0 Å². The molecule has 0 amide bonds. The fourth-order valence-electron chi connectivity index (χ4n) is 2.59. The van der Waals surface area contributed by atoms with E-state index in [2.05, 4.69) is 33.0 Å². The van der Waals surface area contributed by atoms with Gasteiger partial charge < -0.3 is 10.1 Å². The summed E-state index contributed by atoms with van der Waals surface area (Å²) in [6.45, 7) is 10.7. The van der Waals surface area contributed by atoms with Crippen LogP contribution in [0.3, 0.4) is 0 Å². The lowest BCUT2D eigenvalue weighted by atomic mass is 10.0. The number of aromatic nitrogens is 2. The number of ether oxygens (including phenoxy) is 1. The van der Waals surface area contributed by atoms with E-state index in [0.717, 1.165) is 44.6 Å². The van der Waals surface area contributed by atoms with Gasteiger partial charge in [-0.05, 0) is 50.8 Å². The molecule has 0 saturated carbocycles. The van der Waals surface area contributed by atoms with Crippen molar-refractivity contribution in [3.63, 3.8) is 0 Å². The van der Waals surface area contributed by atoms with Crippen LogP contribution in [0.4, 0.5) is 0 Å². The van der Waals surface area contributed by atoms with E-state index in [4.69, 9.17) is 14.7 Å². The Labute approximate surface area is 129 Å². The molecule has 1 atom stereocenters. The Kier molecular flexibility index (Phi) is 8.47. The fourth-order valence-corrected chi connectivity index (χ4v) is 2.59. The van der Waals surface area contributed by atoms with Crippen LogP contribution in [0.1, 0.15) is 69.4 Å². The van der Waals surface area contributed by atoms with Crippen LogP contribution in [0.2, 0.25) is 0 Å². The van der Waals surface area contributed by atoms with Crippen LogP contribution in [-0.2, 0) is 24.0 Å². The van der Waals surface area contributed by atoms with Gasteiger partial charge in [0.15, 0.2) is 5.82 Å². The van der Waals surface area contributed by atoms with Crippen molar-refractivity contribution in [1.29, 1.82) is 0 Å². The van der Waals surface area contributed by atoms with Gasteiger partial charge in [-0.1, -0.05) is 27.7 Å². The Morgan fingerprint density at radius 3 is 2.05 bits per heavy atom. The van der Waals surface area contributed by atoms with Crippen LogP contribution in [-0.4, -0.2) is 30.2 Å². The van der Waals surface area contributed by atoms with E-state index in [1.54, 1.807) is 7.11 Å². The minimum Gasteiger partial charge on any atom is -0.373 e. The Balaban J connectivity index is 3.00. The monoisotopic (exact) mass is 293 g/mol. The van der Waals surface area contributed by atoms with Gasteiger partial charge in [0, 0.05) is 18.5 Å². The molecule has 0 bridgehead atoms. The van der Waals surface area contributed by atoms with Gasteiger partial charge in [0.2, 0.25) is 0 Å². The van der Waals surface area contributed by atoms with Gasteiger partial charge >= 0.3 is 0 Å². The summed E-state index contributed by atoms with van der Waals surface area (Å²) in [6.07, 6.45) is 4.99. The molecule has 1 unspecified atom stereocenters. The normalized spacial score (nSPS) is 12.6. The fraction of sp³-hybridized carbons (Fsp3) is 0.765. The number of aryl methyl sites for hydroxylation is 2. The molecule has 4 heteroatoms. The average molecular weight is 293 g/mol. The summed E-state index contributed by atoms with van der Waals surface area (Å²) in [7, 11) is 1.73. The number of nitrogens with zero attached hydrogens (tertiary/aromatic N) is 2. The van der Waals surface area contributed by atoms with Crippen molar-refractivity contribution in [2.75, 3.05) is 20.2 Å². The molecule has 0 aliphatic carbocycles. The third-order valence-electron chi connectivity index (χ3n) is 3.79. The highest BCUT2D eigenvalue weighted by atomic mass is 16.5. The van der Waals surface area contributed by atoms with E-state index in [1.807, 2.05) is 0 Å². The first-order valence-electron chi connectivity index (χ1n) is 8.33. The second-order valence-electron chi connectivity index (χ2n) is 5.29. The molecule has 0 spiro atoms. The summed E-state index contributed by atoms with van der Waals surface area (Å²) in [6, 6.07) is 0. The van der Waals surface area contributed by atoms with Gasteiger partial charge in [-0.2, -0.15) is 0 Å². The molecule has 0 aliphatic rings. The molecule has 1 N–H and O–H groups in total. The number of rotatable bonds is 10. The maximum absolute atomic E-state index is 5.50. The molecule has 4 nitrogen and oxygen atoms in total. The highest BCUT2D eigenvalue weighted by Gasteiger charge is 2.17. The van der Waals surface area contributed by atoms with E-state index >= 15 is 0 Å².